The van der Waals surface area contributed by atoms with E-state index in [0.29, 0.717) is 18.4 Å². The van der Waals surface area contributed by atoms with E-state index in [1.54, 1.807) is 30.3 Å². The van der Waals surface area contributed by atoms with Gasteiger partial charge in [0, 0.05) is 18.0 Å². The number of unbranched alkanes of at least 4 members (excludes halogenated alkanes) is 4. The van der Waals surface area contributed by atoms with Crippen molar-refractivity contribution in [1.82, 2.24) is 21.3 Å². The van der Waals surface area contributed by atoms with E-state index in [1.165, 1.54) is 6.92 Å². The van der Waals surface area contributed by atoms with Gasteiger partial charge in [-0.3, -0.25) is 24.0 Å². The van der Waals surface area contributed by atoms with E-state index in [1.807, 2.05) is 30.3 Å². The molecule has 3 rings (SSSR count). The molecular formula is C35H48N4O5. The van der Waals surface area contributed by atoms with Crippen LogP contribution in [-0.4, -0.2) is 53.6 Å². The average Bonchev–Trinajstić information content (AvgIpc) is 3.04. The van der Waals surface area contributed by atoms with Crippen LogP contribution >= 0.6 is 0 Å². The third kappa shape index (κ3) is 11.6. The first-order valence-electron chi connectivity index (χ1n) is 16.1. The van der Waals surface area contributed by atoms with Gasteiger partial charge in [-0.25, -0.2) is 0 Å². The smallest absolute Gasteiger partial charge is 0.289 e. The fourth-order valence-corrected chi connectivity index (χ4v) is 5.45. The van der Waals surface area contributed by atoms with Crippen molar-refractivity contribution in [3.63, 3.8) is 0 Å². The van der Waals surface area contributed by atoms with Crippen molar-refractivity contribution >= 4 is 29.4 Å². The molecule has 44 heavy (non-hydrogen) atoms. The number of nitrogens with one attached hydrogen (secondary N) is 4. The van der Waals surface area contributed by atoms with Gasteiger partial charge in [0.2, 0.25) is 17.6 Å². The molecule has 2 aromatic carbocycles. The molecule has 9 heteroatoms. The van der Waals surface area contributed by atoms with Crippen molar-refractivity contribution in [2.75, 3.05) is 0 Å². The third-order valence-electron chi connectivity index (χ3n) is 8.09. The zero-order chi connectivity index (χ0) is 31.7. The quantitative estimate of drug-likeness (QED) is 0.157. The highest BCUT2D eigenvalue weighted by Crippen LogP contribution is 2.17. The first kappa shape index (κ1) is 34.5. The predicted octanol–water partition coefficient (Wildman–Crippen LogP) is 4.40. The van der Waals surface area contributed by atoms with Gasteiger partial charge >= 0.3 is 0 Å². The Labute approximate surface area is 261 Å². The SMILES string of the molecule is CCCCCCCC(NC(=O)C(C)NC(=O)C(Cc1ccccc1)NC(=O)c1ccccc1)C(=O)C(=O)NC1CCCCC1. The van der Waals surface area contributed by atoms with Crippen LogP contribution in [0.4, 0.5) is 0 Å². The van der Waals surface area contributed by atoms with Gasteiger partial charge in [-0.05, 0) is 43.9 Å². The minimum Gasteiger partial charge on any atom is -0.347 e. The summed E-state index contributed by atoms with van der Waals surface area (Å²) in [6.45, 7) is 3.64. The molecule has 4 N–H and O–H groups in total. The van der Waals surface area contributed by atoms with Crippen molar-refractivity contribution in [1.29, 1.82) is 0 Å². The van der Waals surface area contributed by atoms with Crippen molar-refractivity contribution in [3.8, 4) is 0 Å². The second kappa shape index (κ2) is 18.6. The zero-order valence-corrected chi connectivity index (χ0v) is 26.1. The number of rotatable bonds is 17. The number of carbonyl (C=O) groups excluding carboxylic acids is 5. The second-order valence-corrected chi connectivity index (χ2v) is 11.7. The lowest BCUT2D eigenvalue weighted by Crippen LogP contribution is -2.56. The Hall–Kier alpha value is -4.01. The fourth-order valence-electron chi connectivity index (χ4n) is 5.45. The van der Waals surface area contributed by atoms with Gasteiger partial charge in [0.15, 0.2) is 0 Å². The first-order chi connectivity index (χ1) is 21.3. The van der Waals surface area contributed by atoms with E-state index in [9.17, 15) is 24.0 Å². The van der Waals surface area contributed by atoms with E-state index < -0.39 is 47.5 Å². The zero-order valence-electron chi connectivity index (χ0n) is 26.1. The molecule has 1 saturated carbocycles. The fraction of sp³-hybridized carbons (Fsp3) is 0.514. The van der Waals surface area contributed by atoms with Gasteiger partial charge < -0.3 is 21.3 Å². The molecule has 0 spiro atoms. The molecule has 0 saturated heterocycles. The average molecular weight is 605 g/mol. The molecule has 1 aliphatic carbocycles. The maximum absolute atomic E-state index is 13.4. The van der Waals surface area contributed by atoms with E-state index in [2.05, 4.69) is 28.2 Å². The molecule has 4 amide bonds. The number of hydrogen-bond acceptors (Lipinski definition) is 5. The summed E-state index contributed by atoms with van der Waals surface area (Å²) in [6, 6.07) is 14.9. The van der Waals surface area contributed by atoms with E-state index in [0.717, 1.165) is 63.4 Å². The molecule has 3 unspecified atom stereocenters. The van der Waals surface area contributed by atoms with Crippen LogP contribution in [0, 0.1) is 0 Å². The van der Waals surface area contributed by atoms with E-state index >= 15 is 0 Å². The maximum atomic E-state index is 13.4. The second-order valence-electron chi connectivity index (χ2n) is 11.7. The minimum atomic E-state index is -1.01. The molecule has 0 aromatic heterocycles. The first-order valence-corrected chi connectivity index (χ1v) is 16.1. The number of amides is 4. The van der Waals surface area contributed by atoms with E-state index in [-0.39, 0.29) is 12.5 Å². The van der Waals surface area contributed by atoms with Gasteiger partial charge in [-0.15, -0.1) is 0 Å². The minimum absolute atomic E-state index is 0.0213. The van der Waals surface area contributed by atoms with Crippen LogP contribution in [0.5, 0.6) is 0 Å². The summed E-state index contributed by atoms with van der Waals surface area (Å²) in [5, 5.41) is 11.1. The molecule has 0 radical (unpaired) electrons. The molecular weight excluding hydrogens is 556 g/mol. The largest absolute Gasteiger partial charge is 0.347 e. The number of hydrogen-bond donors (Lipinski definition) is 4. The molecule has 238 valence electrons. The van der Waals surface area contributed by atoms with Crippen molar-refractivity contribution in [3.05, 3.63) is 71.8 Å². The molecule has 1 fully saturated rings. The van der Waals surface area contributed by atoms with E-state index in [4.69, 9.17) is 0 Å². The van der Waals surface area contributed by atoms with Crippen LogP contribution < -0.4 is 21.3 Å². The lowest BCUT2D eigenvalue weighted by Gasteiger charge is -2.25. The standard InChI is InChI=1S/C35H48N4O5/c1-3-4-5-6-16-23-29(31(40)35(44)37-28-21-14-9-15-22-28)38-32(41)25(2)36-34(43)30(24-26-17-10-7-11-18-26)39-33(42)27-19-12-8-13-20-27/h7-8,10-13,17-20,25,28-30H,3-6,9,14-16,21-24H2,1-2H3,(H,36,43)(H,37,44)(H,38,41)(H,39,42). The third-order valence-corrected chi connectivity index (χ3v) is 8.09. The molecule has 0 aliphatic heterocycles. The van der Waals surface area contributed by atoms with Gasteiger partial charge in [0.1, 0.15) is 12.1 Å². The van der Waals surface area contributed by atoms with Gasteiger partial charge in [0.05, 0.1) is 6.04 Å². The van der Waals surface area contributed by atoms with Gasteiger partial charge in [-0.2, -0.15) is 0 Å². The van der Waals surface area contributed by atoms with Crippen molar-refractivity contribution in [2.24, 2.45) is 0 Å². The predicted molar refractivity (Wildman–Crippen MR) is 171 cm³/mol. The Morgan fingerprint density at radius 3 is 2.02 bits per heavy atom. The summed E-state index contributed by atoms with van der Waals surface area (Å²) >= 11 is 0. The molecule has 1 aliphatic rings. The normalized spacial score (nSPS) is 15.3. The molecule has 0 heterocycles. The topological polar surface area (TPSA) is 133 Å². The van der Waals surface area contributed by atoms with Crippen molar-refractivity contribution in [2.45, 2.75) is 115 Å². The molecule has 2 aromatic rings. The number of ketones is 1. The Bertz CT molecular complexity index is 1210. The molecule has 9 nitrogen and oxygen atoms in total. The molecule has 3 atom stereocenters. The Morgan fingerprint density at radius 2 is 1.36 bits per heavy atom. The summed E-state index contributed by atoms with van der Waals surface area (Å²) in [5.41, 5.74) is 1.26. The van der Waals surface area contributed by atoms with Crippen LogP contribution in [0.25, 0.3) is 0 Å². The van der Waals surface area contributed by atoms with Crippen molar-refractivity contribution < 1.29 is 24.0 Å². The number of carbonyl (C=O) groups is 5. The number of Topliss-reactive ketones (excluding diaryl/α,β-unsaturated/α-hetero) is 1. The van der Waals surface area contributed by atoms with Gasteiger partial charge in [-0.1, -0.05) is 107 Å². The van der Waals surface area contributed by atoms with Crippen LogP contribution in [0.3, 0.4) is 0 Å². The Morgan fingerprint density at radius 1 is 0.727 bits per heavy atom. The van der Waals surface area contributed by atoms with Crippen LogP contribution in [0.15, 0.2) is 60.7 Å². The van der Waals surface area contributed by atoms with Crippen LogP contribution in [0.1, 0.15) is 100 Å². The highest BCUT2D eigenvalue weighted by atomic mass is 16.2. The molecule has 0 bridgehead atoms. The summed E-state index contributed by atoms with van der Waals surface area (Å²) in [6.07, 6.45) is 10.2. The maximum Gasteiger partial charge on any atom is 0.289 e. The van der Waals surface area contributed by atoms with Gasteiger partial charge in [0.25, 0.3) is 11.8 Å². The lowest BCUT2D eigenvalue weighted by atomic mass is 9.95. The Balaban J connectivity index is 1.65. The summed E-state index contributed by atoms with van der Waals surface area (Å²) in [5.74, 6) is -2.83. The van der Waals surface area contributed by atoms with Crippen LogP contribution in [-0.2, 0) is 25.6 Å². The summed E-state index contributed by atoms with van der Waals surface area (Å²) in [4.78, 5) is 65.7. The van der Waals surface area contributed by atoms with Crippen LogP contribution in [0.2, 0.25) is 0 Å². The monoisotopic (exact) mass is 604 g/mol. The number of benzene rings is 2. The Kier molecular flexibility index (Phi) is 14.6. The summed E-state index contributed by atoms with van der Waals surface area (Å²) in [7, 11) is 0. The summed E-state index contributed by atoms with van der Waals surface area (Å²) < 4.78 is 0. The highest BCUT2D eigenvalue weighted by molar-refractivity contribution is 6.38. The highest BCUT2D eigenvalue weighted by Gasteiger charge is 2.31. The lowest BCUT2D eigenvalue weighted by molar-refractivity contribution is -0.141.